The van der Waals surface area contributed by atoms with E-state index in [0.29, 0.717) is 27.2 Å². The summed E-state index contributed by atoms with van der Waals surface area (Å²) in [4.78, 5) is 11.8. The van der Waals surface area contributed by atoms with Crippen LogP contribution < -0.4 is 15.8 Å². The van der Waals surface area contributed by atoms with Gasteiger partial charge in [-0.1, -0.05) is 29.3 Å². The van der Waals surface area contributed by atoms with E-state index in [2.05, 4.69) is 5.32 Å². The lowest BCUT2D eigenvalue weighted by molar-refractivity contribution is -0.116. The second kappa shape index (κ2) is 7.20. The molecule has 0 saturated heterocycles. The van der Waals surface area contributed by atoms with E-state index in [1.807, 2.05) is 0 Å². The SMILES string of the molecule is Nc1cccc(NC(=O)CCOc2ccc(Cl)c(Cl)c2)c1. The van der Waals surface area contributed by atoms with Crippen LogP contribution in [0.1, 0.15) is 6.42 Å². The Bertz CT molecular complexity index is 647. The maximum atomic E-state index is 11.8. The number of benzene rings is 2. The summed E-state index contributed by atoms with van der Waals surface area (Å²) < 4.78 is 5.45. The molecule has 0 saturated carbocycles. The van der Waals surface area contributed by atoms with Crippen molar-refractivity contribution in [2.45, 2.75) is 6.42 Å². The summed E-state index contributed by atoms with van der Waals surface area (Å²) in [5, 5.41) is 3.62. The number of hydrogen-bond acceptors (Lipinski definition) is 3. The van der Waals surface area contributed by atoms with E-state index in [1.54, 1.807) is 42.5 Å². The number of anilines is 2. The van der Waals surface area contributed by atoms with Crippen LogP contribution >= 0.6 is 23.2 Å². The second-order valence-corrected chi connectivity index (χ2v) is 5.16. The normalized spacial score (nSPS) is 10.2. The van der Waals surface area contributed by atoms with Gasteiger partial charge in [0.25, 0.3) is 0 Å². The predicted molar refractivity (Wildman–Crippen MR) is 86.1 cm³/mol. The fraction of sp³-hybridized carbons (Fsp3) is 0.133. The van der Waals surface area contributed by atoms with Crippen molar-refractivity contribution in [1.82, 2.24) is 0 Å². The van der Waals surface area contributed by atoms with Crippen LogP contribution in [-0.4, -0.2) is 12.5 Å². The van der Waals surface area contributed by atoms with Gasteiger partial charge in [0.1, 0.15) is 5.75 Å². The van der Waals surface area contributed by atoms with Crippen LogP contribution in [0.5, 0.6) is 5.75 Å². The molecule has 0 aliphatic carbocycles. The van der Waals surface area contributed by atoms with Crippen molar-refractivity contribution >= 4 is 40.5 Å². The Morgan fingerprint density at radius 2 is 1.95 bits per heavy atom. The number of carbonyl (C=O) groups excluding carboxylic acids is 1. The highest BCUT2D eigenvalue weighted by molar-refractivity contribution is 6.42. The molecule has 0 aromatic heterocycles. The van der Waals surface area contributed by atoms with Gasteiger partial charge in [-0.3, -0.25) is 4.79 Å². The molecular weight excluding hydrogens is 311 g/mol. The van der Waals surface area contributed by atoms with Crippen LogP contribution in [0.2, 0.25) is 10.0 Å². The topological polar surface area (TPSA) is 64.3 Å². The highest BCUT2D eigenvalue weighted by atomic mass is 35.5. The van der Waals surface area contributed by atoms with Crippen molar-refractivity contribution in [3.05, 3.63) is 52.5 Å². The van der Waals surface area contributed by atoms with Crippen molar-refractivity contribution in [3.63, 3.8) is 0 Å². The Morgan fingerprint density at radius 3 is 2.67 bits per heavy atom. The van der Waals surface area contributed by atoms with Crippen LogP contribution in [0, 0.1) is 0 Å². The van der Waals surface area contributed by atoms with Crippen molar-refractivity contribution in [1.29, 1.82) is 0 Å². The average Bonchev–Trinajstić information content (AvgIpc) is 2.43. The number of nitrogen functional groups attached to an aromatic ring is 1. The first-order valence-electron chi connectivity index (χ1n) is 6.28. The van der Waals surface area contributed by atoms with E-state index >= 15 is 0 Å². The van der Waals surface area contributed by atoms with Gasteiger partial charge < -0.3 is 15.8 Å². The van der Waals surface area contributed by atoms with Crippen LogP contribution in [0.3, 0.4) is 0 Å². The summed E-state index contributed by atoms with van der Waals surface area (Å²) in [6.07, 6.45) is 0.217. The van der Waals surface area contributed by atoms with Crippen LogP contribution in [0.25, 0.3) is 0 Å². The average molecular weight is 325 g/mol. The lowest BCUT2D eigenvalue weighted by Crippen LogP contribution is -2.15. The van der Waals surface area contributed by atoms with Gasteiger partial charge in [-0.05, 0) is 30.3 Å². The number of rotatable bonds is 5. The quantitative estimate of drug-likeness (QED) is 0.817. The third-order valence-electron chi connectivity index (χ3n) is 2.66. The molecule has 0 spiro atoms. The van der Waals surface area contributed by atoms with Crippen molar-refractivity contribution in [2.24, 2.45) is 0 Å². The minimum absolute atomic E-state index is 0.152. The summed E-state index contributed by atoms with van der Waals surface area (Å²) in [5.41, 5.74) is 6.90. The molecule has 0 radical (unpaired) electrons. The van der Waals surface area contributed by atoms with Crippen LogP contribution in [0.4, 0.5) is 11.4 Å². The largest absolute Gasteiger partial charge is 0.493 e. The maximum absolute atomic E-state index is 11.8. The fourth-order valence-corrected chi connectivity index (χ4v) is 1.96. The molecule has 0 heterocycles. The minimum Gasteiger partial charge on any atom is -0.493 e. The molecule has 4 nitrogen and oxygen atoms in total. The van der Waals surface area contributed by atoms with Crippen LogP contribution in [0.15, 0.2) is 42.5 Å². The predicted octanol–water partition coefficient (Wildman–Crippen LogP) is 3.98. The van der Waals surface area contributed by atoms with Gasteiger partial charge in [0.2, 0.25) is 5.91 Å². The molecule has 0 atom stereocenters. The molecule has 2 aromatic carbocycles. The monoisotopic (exact) mass is 324 g/mol. The number of hydrogen-bond donors (Lipinski definition) is 2. The van der Waals surface area contributed by atoms with Gasteiger partial charge in [-0.25, -0.2) is 0 Å². The van der Waals surface area contributed by atoms with Gasteiger partial charge in [0.15, 0.2) is 0 Å². The Labute approximate surface area is 132 Å². The molecule has 0 aliphatic rings. The van der Waals surface area contributed by atoms with E-state index in [4.69, 9.17) is 33.7 Å². The molecule has 110 valence electrons. The highest BCUT2D eigenvalue weighted by Gasteiger charge is 2.04. The molecule has 3 N–H and O–H groups in total. The number of halogens is 2. The zero-order valence-corrected chi connectivity index (χ0v) is 12.6. The molecule has 6 heteroatoms. The van der Waals surface area contributed by atoms with Gasteiger partial charge in [0, 0.05) is 17.4 Å². The lowest BCUT2D eigenvalue weighted by Gasteiger charge is -2.08. The Kier molecular flexibility index (Phi) is 5.31. The van der Waals surface area contributed by atoms with E-state index in [9.17, 15) is 4.79 Å². The lowest BCUT2D eigenvalue weighted by atomic mass is 10.3. The molecule has 0 aliphatic heterocycles. The second-order valence-electron chi connectivity index (χ2n) is 4.35. The van der Waals surface area contributed by atoms with E-state index in [0.717, 1.165) is 0 Å². The molecule has 0 unspecified atom stereocenters. The summed E-state index contributed by atoms with van der Waals surface area (Å²) in [5.74, 6) is 0.418. The fourth-order valence-electron chi connectivity index (χ4n) is 1.67. The van der Waals surface area contributed by atoms with E-state index in [1.165, 1.54) is 0 Å². The zero-order chi connectivity index (χ0) is 15.2. The van der Waals surface area contributed by atoms with E-state index in [-0.39, 0.29) is 18.9 Å². The molecule has 1 amide bonds. The van der Waals surface area contributed by atoms with Gasteiger partial charge in [0.05, 0.1) is 23.1 Å². The number of amides is 1. The molecule has 21 heavy (non-hydrogen) atoms. The summed E-state index contributed by atoms with van der Waals surface area (Å²) >= 11 is 11.7. The standard InChI is InChI=1S/C15H14Cl2N2O2/c16-13-5-4-12(9-14(13)17)21-7-6-15(20)19-11-3-1-2-10(18)8-11/h1-5,8-9H,6-7,18H2,(H,19,20). The molecule has 2 aromatic rings. The summed E-state index contributed by atoms with van der Waals surface area (Å²) in [7, 11) is 0. The summed E-state index contributed by atoms with van der Waals surface area (Å²) in [6, 6.07) is 11.9. The number of carbonyl (C=O) groups is 1. The van der Waals surface area contributed by atoms with Crippen molar-refractivity contribution in [3.8, 4) is 5.75 Å². The van der Waals surface area contributed by atoms with Crippen LogP contribution in [-0.2, 0) is 4.79 Å². The Balaban J connectivity index is 1.80. The molecule has 0 fully saturated rings. The molecule has 0 bridgehead atoms. The van der Waals surface area contributed by atoms with E-state index < -0.39 is 0 Å². The first kappa shape index (κ1) is 15.5. The maximum Gasteiger partial charge on any atom is 0.227 e. The molecular formula is C15H14Cl2N2O2. The first-order chi connectivity index (χ1) is 10.0. The van der Waals surface area contributed by atoms with Gasteiger partial charge >= 0.3 is 0 Å². The smallest absolute Gasteiger partial charge is 0.227 e. The minimum atomic E-state index is -0.152. The number of nitrogens with one attached hydrogen (secondary N) is 1. The Hall–Kier alpha value is -1.91. The highest BCUT2D eigenvalue weighted by Crippen LogP contribution is 2.26. The third-order valence-corrected chi connectivity index (χ3v) is 3.40. The molecule has 2 rings (SSSR count). The third kappa shape index (κ3) is 4.85. The van der Waals surface area contributed by atoms with Gasteiger partial charge in [-0.2, -0.15) is 0 Å². The zero-order valence-electron chi connectivity index (χ0n) is 11.1. The number of nitrogens with two attached hydrogens (primary N) is 1. The Morgan fingerprint density at radius 1 is 1.14 bits per heavy atom. The van der Waals surface area contributed by atoms with Crippen molar-refractivity contribution < 1.29 is 9.53 Å². The van der Waals surface area contributed by atoms with Crippen molar-refractivity contribution in [2.75, 3.05) is 17.7 Å². The van der Waals surface area contributed by atoms with Gasteiger partial charge in [-0.15, -0.1) is 0 Å². The number of ether oxygens (including phenoxy) is 1. The first-order valence-corrected chi connectivity index (χ1v) is 7.03. The summed E-state index contributed by atoms with van der Waals surface area (Å²) in [6.45, 7) is 0.242.